The zero-order valence-electron chi connectivity index (χ0n) is 40.9. The third-order valence-electron chi connectivity index (χ3n) is 11.0. The third-order valence-corrected chi connectivity index (χ3v) is 11.0. The summed E-state index contributed by atoms with van der Waals surface area (Å²) in [5, 5.41) is 3.25. The molecule has 10 aromatic rings. The SMILES string of the molecule is [2H]c1c([2H])c(N(c2ccc(-c3cccc4oc5c6ccccc6ccc5c34)cc2)c2c([2H])c([2H])c([2H])c3c([2H])c([2H])c([2H])c([2H])c23)c([2H])c([2H])c1-c1cccc2c1C(C)(C)c1ccccc1-2. The summed E-state index contributed by atoms with van der Waals surface area (Å²) in [4.78, 5) is 1.28. The molecule has 55 heavy (non-hydrogen) atoms. The Morgan fingerprint density at radius 2 is 1.22 bits per heavy atom. The molecule has 0 amide bonds. The first-order valence-corrected chi connectivity index (χ1v) is 18.2. The Bertz CT molecular complexity index is 3730. The summed E-state index contributed by atoms with van der Waals surface area (Å²) in [5.74, 6) is 0. The van der Waals surface area contributed by atoms with E-state index in [4.69, 9.17) is 12.6 Å². The van der Waals surface area contributed by atoms with Gasteiger partial charge in [0.2, 0.25) is 0 Å². The van der Waals surface area contributed by atoms with Crippen molar-refractivity contribution in [2.75, 3.05) is 4.90 Å². The highest BCUT2D eigenvalue weighted by Crippen LogP contribution is 2.52. The molecule has 0 atom stereocenters. The van der Waals surface area contributed by atoms with Crippen molar-refractivity contribution in [3.8, 4) is 33.4 Å². The Balaban J connectivity index is 1.17. The van der Waals surface area contributed by atoms with Gasteiger partial charge in [0.25, 0.3) is 0 Å². The van der Waals surface area contributed by atoms with Crippen LogP contribution in [0.4, 0.5) is 17.1 Å². The van der Waals surface area contributed by atoms with Crippen LogP contribution in [0.3, 0.4) is 0 Å². The average molecular weight is 715 g/mol. The number of nitrogens with zero attached hydrogens (tertiary/aromatic N) is 1. The zero-order chi connectivity index (χ0) is 46.2. The van der Waals surface area contributed by atoms with Gasteiger partial charge in [-0.1, -0.05) is 159 Å². The second kappa shape index (κ2) is 12.1. The molecule has 9 aromatic carbocycles. The minimum atomic E-state index is -0.635. The lowest BCUT2D eigenvalue weighted by atomic mass is 9.79. The summed E-state index contributed by atoms with van der Waals surface area (Å²) in [6.07, 6.45) is 0. The molecular formula is C53H37NO. The third kappa shape index (κ3) is 4.81. The van der Waals surface area contributed by atoms with Crippen LogP contribution in [-0.4, -0.2) is 0 Å². The van der Waals surface area contributed by atoms with E-state index in [1.165, 1.54) is 4.90 Å². The number of hydrogen-bond acceptors (Lipinski definition) is 2. The topological polar surface area (TPSA) is 16.4 Å². The molecule has 260 valence electrons. The van der Waals surface area contributed by atoms with Gasteiger partial charge in [-0.05, 0) is 97.7 Å². The molecule has 0 radical (unpaired) electrons. The first-order valence-electron chi connectivity index (χ1n) is 23.7. The highest BCUT2D eigenvalue weighted by atomic mass is 16.3. The molecule has 1 aromatic heterocycles. The van der Waals surface area contributed by atoms with Crippen LogP contribution in [0, 0.1) is 0 Å². The molecule has 1 aliphatic rings. The van der Waals surface area contributed by atoms with Crippen molar-refractivity contribution in [1.29, 1.82) is 0 Å². The predicted molar refractivity (Wildman–Crippen MR) is 232 cm³/mol. The van der Waals surface area contributed by atoms with Crippen molar-refractivity contribution in [2.45, 2.75) is 19.3 Å². The van der Waals surface area contributed by atoms with E-state index < -0.39 is 59.8 Å². The largest absolute Gasteiger partial charge is 0.455 e. The van der Waals surface area contributed by atoms with E-state index in [1.54, 1.807) is 12.1 Å². The fourth-order valence-corrected chi connectivity index (χ4v) is 8.53. The van der Waals surface area contributed by atoms with Crippen LogP contribution < -0.4 is 4.90 Å². The van der Waals surface area contributed by atoms with Crippen LogP contribution >= 0.6 is 0 Å². The summed E-state index contributed by atoms with van der Waals surface area (Å²) in [6, 6.07) is 32.7. The Hall–Kier alpha value is -6.90. The second-order valence-corrected chi connectivity index (χ2v) is 14.4. The number of furan rings is 1. The Kier molecular flexibility index (Phi) is 4.90. The van der Waals surface area contributed by atoms with Crippen LogP contribution in [0.25, 0.3) is 76.9 Å². The van der Waals surface area contributed by atoms with Crippen molar-refractivity contribution in [3.63, 3.8) is 0 Å². The standard InChI is InChI=1S/C53H37NO/c1-53(2)47-21-8-7-17-44(47)45-20-10-19-42(51(45)53)37-26-31-39(32-27-37)54(48-22-9-14-34-12-3-5-15-40(34)48)38-29-24-36(25-30-38)41-18-11-23-49-50(41)46-33-28-35-13-4-6-16-43(35)52(46)55-49/h3-33H,1-2H3/i3D,5D,9D,12D,14D,15D,22D,26D,27D,31D,32D. The van der Waals surface area contributed by atoms with E-state index in [0.717, 1.165) is 60.5 Å². The summed E-state index contributed by atoms with van der Waals surface area (Å²) >= 11 is 0. The average Bonchev–Trinajstić information content (AvgIpc) is 3.83. The lowest BCUT2D eigenvalue weighted by molar-refractivity contribution is 0.662. The van der Waals surface area contributed by atoms with E-state index in [2.05, 4.69) is 26.0 Å². The second-order valence-electron chi connectivity index (χ2n) is 14.4. The lowest BCUT2D eigenvalue weighted by Gasteiger charge is -2.28. The zero-order valence-corrected chi connectivity index (χ0v) is 29.9. The molecule has 0 unspecified atom stereocenters. The predicted octanol–water partition coefficient (Wildman–Crippen LogP) is 15.0. The van der Waals surface area contributed by atoms with Crippen LogP contribution in [0.2, 0.25) is 0 Å². The smallest absolute Gasteiger partial charge is 0.143 e. The summed E-state index contributed by atoms with van der Waals surface area (Å²) in [7, 11) is 0. The summed E-state index contributed by atoms with van der Waals surface area (Å²) in [6.45, 7) is 4.15. The first-order chi connectivity index (χ1) is 31.6. The molecular weight excluding hydrogens is 667 g/mol. The van der Waals surface area contributed by atoms with Gasteiger partial charge in [-0.3, -0.25) is 0 Å². The van der Waals surface area contributed by atoms with Gasteiger partial charge in [0.1, 0.15) is 11.2 Å². The Labute approximate surface area is 336 Å². The van der Waals surface area contributed by atoms with Crippen LogP contribution in [0.1, 0.15) is 40.1 Å². The fourth-order valence-electron chi connectivity index (χ4n) is 8.53. The number of benzene rings is 9. The minimum absolute atomic E-state index is 0.0792. The van der Waals surface area contributed by atoms with Gasteiger partial charge in [-0.15, -0.1) is 0 Å². The van der Waals surface area contributed by atoms with E-state index in [1.807, 2.05) is 97.1 Å². The fraction of sp³-hybridized carbons (Fsp3) is 0.0566. The van der Waals surface area contributed by atoms with Crippen molar-refractivity contribution >= 4 is 60.5 Å². The molecule has 1 aliphatic carbocycles. The van der Waals surface area contributed by atoms with Crippen molar-refractivity contribution < 1.29 is 19.5 Å². The Morgan fingerprint density at radius 3 is 2.11 bits per heavy atom. The van der Waals surface area contributed by atoms with Gasteiger partial charge in [0.05, 0.1) is 20.8 Å². The minimum Gasteiger partial charge on any atom is -0.455 e. The molecule has 0 spiro atoms. The molecule has 2 nitrogen and oxygen atoms in total. The quantitative estimate of drug-likeness (QED) is 0.176. The Morgan fingerprint density at radius 1 is 0.491 bits per heavy atom. The molecule has 0 saturated carbocycles. The van der Waals surface area contributed by atoms with Crippen molar-refractivity contribution in [1.82, 2.24) is 0 Å². The molecule has 0 N–H and O–H groups in total. The summed E-state index contributed by atoms with van der Waals surface area (Å²) < 4.78 is 108. The van der Waals surface area contributed by atoms with E-state index in [0.29, 0.717) is 11.1 Å². The maximum Gasteiger partial charge on any atom is 0.143 e. The van der Waals surface area contributed by atoms with Gasteiger partial charge >= 0.3 is 0 Å². The van der Waals surface area contributed by atoms with Gasteiger partial charge in [-0.25, -0.2) is 0 Å². The molecule has 0 aliphatic heterocycles. The molecule has 0 bridgehead atoms. The molecule has 0 fully saturated rings. The van der Waals surface area contributed by atoms with Gasteiger partial charge in [0.15, 0.2) is 0 Å². The van der Waals surface area contributed by atoms with E-state index >= 15 is 0 Å². The van der Waals surface area contributed by atoms with Crippen LogP contribution in [0.5, 0.6) is 0 Å². The first kappa shape index (κ1) is 22.3. The molecule has 11 rings (SSSR count). The maximum atomic E-state index is 9.77. The molecule has 2 heteroatoms. The van der Waals surface area contributed by atoms with Crippen LogP contribution in [0.15, 0.2) is 192 Å². The van der Waals surface area contributed by atoms with E-state index in [-0.39, 0.29) is 45.5 Å². The maximum absolute atomic E-state index is 9.77. The lowest BCUT2D eigenvalue weighted by Crippen LogP contribution is -2.16. The normalized spacial score (nSPS) is 15.9. The number of rotatable bonds is 5. The van der Waals surface area contributed by atoms with Gasteiger partial charge < -0.3 is 9.32 Å². The number of hydrogen-bond donors (Lipinski definition) is 0. The van der Waals surface area contributed by atoms with Crippen molar-refractivity contribution in [3.05, 3.63) is 199 Å². The van der Waals surface area contributed by atoms with E-state index in [9.17, 15) is 6.85 Å². The molecule has 0 saturated heterocycles. The highest BCUT2D eigenvalue weighted by molar-refractivity contribution is 6.19. The van der Waals surface area contributed by atoms with Crippen LogP contribution in [-0.2, 0) is 5.41 Å². The highest BCUT2D eigenvalue weighted by Gasteiger charge is 2.37. The van der Waals surface area contributed by atoms with Gasteiger partial charge in [-0.2, -0.15) is 0 Å². The van der Waals surface area contributed by atoms with Gasteiger partial charge in [0, 0.05) is 38.3 Å². The summed E-state index contributed by atoms with van der Waals surface area (Å²) in [5.41, 5.74) is 6.63. The molecule has 1 heterocycles. The number of anilines is 3. The number of fused-ring (bicyclic) bond motifs is 9. The van der Waals surface area contributed by atoms with Crippen molar-refractivity contribution in [2.24, 2.45) is 0 Å². The monoisotopic (exact) mass is 714 g/mol.